The number of carbonyl (C=O) groups is 3. The van der Waals surface area contributed by atoms with Crippen LogP contribution in [0, 0.1) is 6.92 Å². The van der Waals surface area contributed by atoms with Gasteiger partial charge >= 0.3 is 11.9 Å². The first-order valence-electron chi connectivity index (χ1n) is 14.0. The number of hydrogen-bond donors (Lipinski definition) is 1. The summed E-state index contributed by atoms with van der Waals surface area (Å²) in [7, 11) is 0. The summed E-state index contributed by atoms with van der Waals surface area (Å²) in [6.07, 6.45) is 4.40. The maximum Gasteiger partial charge on any atom is 0.350 e. The van der Waals surface area contributed by atoms with Crippen LogP contribution in [0.15, 0.2) is 60.7 Å². The van der Waals surface area contributed by atoms with Crippen molar-refractivity contribution in [1.29, 1.82) is 0 Å². The molecule has 3 heterocycles. The molecule has 5 rings (SSSR count). The molecule has 43 heavy (non-hydrogen) atoms. The summed E-state index contributed by atoms with van der Waals surface area (Å²) in [4.78, 5) is 45.8. The van der Waals surface area contributed by atoms with Gasteiger partial charge in [-0.1, -0.05) is 55.9 Å². The lowest BCUT2D eigenvalue weighted by Gasteiger charge is -2.24. The zero-order valence-electron chi connectivity index (χ0n) is 24.0. The fourth-order valence-corrected chi connectivity index (χ4v) is 5.87. The molecule has 2 aromatic carbocycles. The molecule has 1 amide bonds. The molecule has 0 aliphatic carbocycles. The van der Waals surface area contributed by atoms with E-state index in [0.717, 1.165) is 30.6 Å². The van der Waals surface area contributed by atoms with Gasteiger partial charge in [-0.2, -0.15) is 0 Å². The number of rotatable bonds is 11. The summed E-state index contributed by atoms with van der Waals surface area (Å²) in [5.41, 5.74) is 1.01. The van der Waals surface area contributed by atoms with Crippen molar-refractivity contribution in [3.05, 3.63) is 82.4 Å². The molecule has 0 radical (unpaired) electrons. The number of hydrogen-bond acceptors (Lipinski definition) is 10. The normalized spacial score (nSPS) is 17.2. The monoisotopic (exact) mass is 604 g/mol. The van der Waals surface area contributed by atoms with Crippen molar-refractivity contribution in [1.82, 2.24) is 4.98 Å². The maximum atomic E-state index is 13.7. The van der Waals surface area contributed by atoms with Gasteiger partial charge in [0.15, 0.2) is 16.6 Å². The number of amides is 1. The van der Waals surface area contributed by atoms with Crippen molar-refractivity contribution in [2.24, 2.45) is 0 Å². The summed E-state index contributed by atoms with van der Waals surface area (Å²) in [5.74, 6) is -1.29. The summed E-state index contributed by atoms with van der Waals surface area (Å²) >= 11 is 0.932. The third-order valence-corrected chi connectivity index (χ3v) is 8.10. The molecule has 0 bridgehead atoms. The molecule has 1 aromatic heterocycles. The molecule has 2 aliphatic rings. The smallest absolute Gasteiger partial charge is 0.350 e. The van der Waals surface area contributed by atoms with Gasteiger partial charge in [-0.05, 0) is 49.2 Å². The average molecular weight is 605 g/mol. The van der Waals surface area contributed by atoms with Gasteiger partial charge in [0, 0.05) is 5.56 Å². The first-order chi connectivity index (χ1) is 20.8. The molecule has 224 valence electrons. The highest BCUT2D eigenvalue weighted by atomic mass is 32.1. The predicted octanol–water partition coefficient (Wildman–Crippen LogP) is 5.76. The first-order valence-corrected chi connectivity index (χ1v) is 14.8. The second-order valence-electron chi connectivity index (χ2n) is 9.95. The Hall–Kier alpha value is -4.64. The summed E-state index contributed by atoms with van der Waals surface area (Å²) in [6.45, 7) is 8.54. The number of aryl methyl sites for hydroxylation is 1. The number of thiazole rings is 1. The Balaban J connectivity index is 1.61. The second kappa shape index (κ2) is 13.1. The lowest BCUT2D eigenvalue weighted by atomic mass is 9.95. The number of ketones is 1. The largest absolute Gasteiger partial charge is 0.507 e. The number of nitrogens with zero attached hydrogens (tertiary/aromatic N) is 2. The topological polar surface area (TPSA) is 124 Å². The van der Waals surface area contributed by atoms with Crippen LogP contribution in [0.25, 0.3) is 5.76 Å². The fourth-order valence-electron chi connectivity index (χ4n) is 4.88. The van der Waals surface area contributed by atoms with Gasteiger partial charge in [-0.25, -0.2) is 9.78 Å². The molecule has 1 fully saturated rings. The van der Waals surface area contributed by atoms with E-state index in [2.05, 4.69) is 18.5 Å². The van der Waals surface area contributed by atoms with Gasteiger partial charge in [0.2, 0.25) is 0 Å². The van der Waals surface area contributed by atoms with Crippen LogP contribution in [0.2, 0.25) is 0 Å². The Kier molecular flexibility index (Phi) is 9.10. The lowest BCUT2D eigenvalue weighted by molar-refractivity contribution is -0.132. The second-order valence-corrected chi connectivity index (χ2v) is 10.9. The van der Waals surface area contributed by atoms with Crippen LogP contribution >= 0.6 is 11.3 Å². The number of fused-ring (bicyclic) bond motifs is 1. The van der Waals surface area contributed by atoms with Crippen molar-refractivity contribution in [2.45, 2.75) is 39.2 Å². The quantitative estimate of drug-likeness (QED) is 0.0726. The highest BCUT2D eigenvalue weighted by molar-refractivity contribution is 7.17. The zero-order valence-corrected chi connectivity index (χ0v) is 24.8. The van der Waals surface area contributed by atoms with Gasteiger partial charge in [0.05, 0.1) is 23.9 Å². The number of carbonyl (C=O) groups excluding carboxylic acids is 3. The fraction of sp³-hybridized carbons (Fsp3) is 0.312. The van der Waals surface area contributed by atoms with Crippen LogP contribution in [0.4, 0.5) is 5.13 Å². The number of aromatic nitrogens is 1. The number of ether oxygens (including phenoxy) is 4. The number of Topliss-reactive ketones (excluding diaryl/α,β-unsaturated/α-hetero) is 1. The van der Waals surface area contributed by atoms with Crippen LogP contribution in [0.1, 0.15) is 58.7 Å². The molecule has 3 aromatic rings. The van der Waals surface area contributed by atoms with Crippen molar-refractivity contribution in [3.8, 4) is 17.2 Å². The first kappa shape index (κ1) is 29.8. The third kappa shape index (κ3) is 6.12. The number of aliphatic hydroxyl groups excluding tert-OH is 1. The molecule has 1 N–H and O–H groups in total. The van der Waals surface area contributed by atoms with E-state index in [1.165, 1.54) is 11.0 Å². The zero-order chi connectivity index (χ0) is 30.5. The maximum absolute atomic E-state index is 13.7. The van der Waals surface area contributed by atoms with Gasteiger partial charge in [0.1, 0.15) is 36.2 Å². The van der Waals surface area contributed by atoms with E-state index in [1.54, 1.807) is 49.4 Å². The minimum Gasteiger partial charge on any atom is -0.507 e. The molecule has 10 nitrogen and oxygen atoms in total. The van der Waals surface area contributed by atoms with Gasteiger partial charge in [-0.15, -0.1) is 0 Å². The van der Waals surface area contributed by atoms with E-state index >= 15 is 0 Å². The molecule has 1 saturated heterocycles. The van der Waals surface area contributed by atoms with Crippen LogP contribution in [0.5, 0.6) is 17.2 Å². The highest BCUT2D eigenvalue weighted by Crippen LogP contribution is 2.45. The molecule has 11 heteroatoms. The van der Waals surface area contributed by atoms with Crippen molar-refractivity contribution in [3.63, 3.8) is 0 Å². The SMILES string of the molecule is C=CCOC(=O)c1sc(N2C(=O)C(=O)C(=C(O)c3ccc4c(c3)OCCO4)[C@H]2c2cccc(OCCCCC)c2)nc1C. The van der Waals surface area contributed by atoms with Crippen LogP contribution in [-0.2, 0) is 14.3 Å². The number of benzene rings is 2. The van der Waals surface area contributed by atoms with E-state index < -0.39 is 23.7 Å². The molecule has 0 saturated carbocycles. The standard InChI is InChI=1S/C32H32N2O8S/c1-4-6-7-14-39-22-10-8-9-20(17-22)26-25(27(35)21-11-12-23-24(18-21)41-16-15-40-23)28(36)30(37)34(26)32-33-19(3)29(43-32)31(38)42-13-5-2/h5,8-12,17-18,26,35H,2,4,6-7,13-16H2,1,3H3/t26-/m1/s1. The number of unbranched alkanes of at least 4 members (excludes halogenated alkanes) is 2. The lowest BCUT2D eigenvalue weighted by Crippen LogP contribution is -2.29. The molecule has 0 spiro atoms. The third-order valence-electron chi connectivity index (χ3n) is 6.96. The van der Waals surface area contributed by atoms with Crippen LogP contribution in [0.3, 0.4) is 0 Å². The van der Waals surface area contributed by atoms with E-state index in [-0.39, 0.29) is 33.5 Å². The molecular formula is C32H32N2O8S. The van der Waals surface area contributed by atoms with Gasteiger partial charge in [0.25, 0.3) is 5.78 Å². The number of anilines is 1. The molecule has 1 atom stereocenters. The Bertz CT molecular complexity index is 1590. The summed E-state index contributed by atoms with van der Waals surface area (Å²) < 4.78 is 22.4. The Morgan fingerprint density at radius 3 is 2.72 bits per heavy atom. The van der Waals surface area contributed by atoms with E-state index in [4.69, 9.17) is 18.9 Å². The highest BCUT2D eigenvalue weighted by Gasteiger charge is 2.48. The molecule has 2 aliphatic heterocycles. The van der Waals surface area contributed by atoms with E-state index in [1.807, 2.05) is 0 Å². The number of esters is 1. The Labute approximate surface area is 253 Å². The number of aliphatic hydroxyl groups is 1. The van der Waals surface area contributed by atoms with Crippen LogP contribution < -0.4 is 19.1 Å². The van der Waals surface area contributed by atoms with Crippen molar-refractivity contribution in [2.75, 3.05) is 31.3 Å². The van der Waals surface area contributed by atoms with E-state index in [0.29, 0.717) is 48.3 Å². The Morgan fingerprint density at radius 2 is 1.95 bits per heavy atom. The summed E-state index contributed by atoms with van der Waals surface area (Å²) in [6, 6.07) is 10.8. The predicted molar refractivity (Wildman–Crippen MR) is 161 cm³/mol. The molecule has 0 unspecified atom stereocenters. The Morgan fingerprint density at radius 1 is 1.16 bits per heavy atom. The van der Waals surface area contributed by atoms with Crippen molar-refractivity contribution < 1.29 is 38.4 Å². The minimum absolute atomic E-state index is 0.0105. The minimum atomic E-state index is -1.06. The van der Waals surface area contributed by atoms with Crippen molar-refractivity contribution >= 4 is 39.9 Å². The van der Waals surface area contributed by atoms with Crippen LogP contribution in [-0.4, -0.2) is 54.2 Å². The molecular weight excluding hydrogens is 572 g/mol. The van der Waals surface area contributed by atoms with Gasteiger partial charge in [-0.3, -0.25) is 14.5 Å². The van der Waals surface area contributed by atoms with Gasteiger partial charge < -0.3 is 24.1 Å². The average Bonchev–Trinajstić information content (AvgIpc) is 3.53. The van der Waals surface area contributed by atoms with E-state index in [9.17, 15) is 19.5 Å². The summed E-state index contributed by atoms with van der Waals surface area (Å²) in [5, 5.41) is 11.7.